The van der Waals surface area contributed by atoms with Crippen molar-refractivity contribution in [2.24, 2.45) is 0 Å². The largest absolute Gasteiger partial charge is 0.465 e. The Morgan fingerprint density at radius 1 is 1.21 bits per heavy atom. The van der Waals surface area contributed by atoms with E-state index >= 15 is 0 Å². The van der Waals surface area contributed by atoms with E-state index in [0.29, 0.717) is 11.3 Å². The number of carbonyl (C=O) groups is 2. The molecule has 0 fully saturated rings. The first-order valence-corrected chi connectivity index (χ1v) is 4.10. The maximum atomic E-state index is 10.9. The summed E-state index contributed by atoms with van der Waals surface area (Å²) in [7, 11) is 1.45. The zero-order valence-corrected chi connectivity index (χ0v) is 8.02. The van der Waals surface area contributed by atoms with Crippen molar-refractivity contribution >= 4 is 17.6 Å². The summed E-state index contributed by atoms with van der Waals surface area (Å²) in [5, 5.41) is 8.67. The molecule has 0 aromatic heterocycles. The second-order valence-corrected chi connectivity index (χ2v) is 2.94. The molecule has 1 N–H and O–H groups in total. The molecule has 4 heteroatoms. The van der Waals surface area contributed by atoms with Crippen molar-refractivity contribution in [3.63, 3.8) is 0 Å². The minimum atomic E-state index is -1.03. The summed E-state index contributed by atoms with van der Waals surface area (Å²) in [6, 6.07) is 6.42. The summed E-state index contributed by atoms with van der Waals surface area (Å²) < 4.78 is 0. The van der Waals surface area contributed by atoms with E-state index in [2.05, 4.69) is 0 Å². The van der Waals surface area contributed by atoms with Crippen LogP contribution in [-0.4, -0.2) is 24.0 Å². The maximum Gasteiger partial charge on any atom is 0.411 e. The van der Waals surface area contributed by atoms with E-state index in [1.165, 1.54) is 14.0 Å². The number of nitrogens with zero attached hydrogens (tertiary/aromatic N) is 1. The molecule has 0 aliphatic heterocycles. The van der Waals surface area contributed by atoms with Gasteiger partial charge in [-0.2, -0.15) is 0 Å². The molecule has 0 saturated carbocycles. The Hall–Kier alpha value is -1.84. The minimum Gasteiger partial charge on any atom is -0.465 e. The van der Waals surface area contributed by atoms with Crippen LogP contribution in [0.4, 0.5) is 10.5 Å². The van der Waals surface area contributed by atoms with Crippen molar-refractivity contribution in [1.82, 2.24) is 0 Å². The third-order valence-electron chi connectivity index (χ3n) is 1.95. The molecule has 0 aliphatic carbocycles. The van der Waals surface area contributed by atoms with Gasteiger partial charge in [0.15, 0.2) is 5.78 Å². The van der Waals surface area contributed by atoms with Crippen molar-refractivity contribution in [1.29, 1.82) is 0 Å². The lowest BCUT2D eigenvalue weighted by atomic mass is 10.1. The molecule has 0 aliphatic rings. The highest BCUT2D eigenvalue weighted by Gasteiger charge is 2.08. The number of carbonyl (C=O) groups excluding carboxylic acids is 1. The van der Waals surface area contributed by atoms with E-state index in [1.807, 2.05) is 0 Å². The van der Waals surface area contributed by atoms with Gasteiger partial charge in [-0.3, -0.25) is 9.69 Å². The van der Waals surface area contributed by atoms with Crippen molar-refractivity contribution in [3.8, 4) is 0 Å². The molecule has 0 unspecified atom stereocenters. The van der Waals surface area contributed by atoms with Gasteiger partial charge in [0.1, 0.15) is 0 Å². The van der Waals surface area contributed by atoms with Crippen LogP contribution in [0.15, 0.2) is 24.3 Å². The van der Waals surface area contributed by atoms with Crippen LogP contribution in [0.2, 0.25) is 0 Å². The topological polar surface area (TPSA) is 57.6 Å². The van der Waals surface area contributed by atoms with E-state index < -0.39 is 6.09 Å². The number of Topliss-reactive ketones (excluding diaryl/α,β-unsaturated/α-hetero) is 1. The zero-order valence-electron chi connectivity index (χ0n) is 8.02. The molecule has 74 valence electrons. The molecule has 1 aromatic rings. The van der Waals surface area contributed by atoms with Crippen molar-refractivity contribution in [2.75, 3.05) is 11.9 Å². The van der Waals surface area contributed by atoms with Crippen LogP contribution in [-0.2, 0) is 0 Å². The van der Waals surface area contributed by atoms with Gasteiger partial charge in [0, 0.05) is 18.3 Å². The van der Waals surface area contributed by atoms with E-state index in [0.717, 1.165) is 4.90 Å². The number of ketones is 1. The van der Waals surface area contributed by atoms with Gasteiger partial charge in [-0.05, 0) is 31.2 Å². The van der Waals surface area contributed by atoms with Crippen LogP contribution >= 0.6 is 0 Å². The maximum absolute atomic E-state index is 10.9. The molecule has 0 saturated heterocycles. The summed E-state index contributed by atoms with van der Waals surface area (Å²) in [6.07, 6.45) is -1.03. The van der Waals surface area contributed by atoms with Crippen molar-refractivity contribution in [3.05, 3.63) is 29.8 Å². The van der Waals surface area contributed by atoms with Crippen LogP contribution in [0.1, 0.15) is 17.3 Å². The van der Waals surface area contributed by atoms with Gasteiger partial charge >= 0.3 is 6.09 Å². The fraction of sp³-hybridized carbons (Fsp3) is 0.200. The van der Waals surface area contributed by atoms with Crippen molar-refractivity contribution in [2.45, 2.75) is 6.92 Å². The zero-order chi connectivity index (χ0) is 10.7. The molecule has 1 rings (SSSR count). The summed E-state index contributed by atoms with van der Waals surface area (Å²) in [4.78, 5) is 22.6. The average molecular weight is 193 g/mol. The third-order valence-corrected chi connectivity index (χ3v) is 1.95. The number of anilines is 1. The molecule has 0 heterocycles. The number of rotatable bonds is 2. The van der Waals surface area contributed by atoms with Gasteiger partial charge in [-0.1, -0.05) is 0 Å². The summed E-state index contributed by atoms with van der Waals surface area (Å²) >= 11 is 0. The molecule has 0 bridgehead atoms. The molecule has 14 heavy (non-hydrogen) atoms. The lowest BCUT2D eigenvalue weighted by Gasteiger charge is -2.12. The Bertz CT molecular complexity index is 356. The molecule has 4 nitrogen and oxygen atoms in total. The number of carboxylic acid groups (broad SMARTS) is 1. The molecule has 0 atom stereocenters. The van der Waals surface area contributed by atoms with E-state index in [9.17, 15) is 9.59 Å². The van der Waals surface area contributed by atoms with Crippen LogP contribution < -0.4 is 4.90 Å². The Balaban J connectivity index is 2.94. The van der Waals surface area contributed by atoms with Gasteiger partial charge in [-0.25, -0.2) is 4.79 Å². The summed E-state index contributed by atoms with van der Waals surface area (Å²) in [5.41, 5.74) is 1.12. The molecular formula is C10H11NO3. The Kier molecular flexibility index (Phi) is 2.86. The highest BCUT2D eigenvalue weighted by molar-refractivity contribution is 5.95. The standard InChI is InChI=1S/C10H11NO3/c1-7(12)8-3-5-9(6-4-8)11(2)10(13)14/h3-6H,1-2H3,(H,13,14). The molecule has 1 amide bonds. The van der Waals surface area contributed by atoms with Gasteiger partial charge < -0.3 is 5.11 Å². The highest BCUT2D eigenvalue weighted by Crippen LogP contribution is 2.13. The first-order chi connectivity index (χ1) is 6.52. The number of hydrogen-bond donors (Lipinski definition) is 1. The van der Waals surface area contributed by atoms with Gasteiger partial charge in [0.2, 0.25) is 0 Å². The molecule has 1 aromatic carbocycles. The summed E-state index contributed by atoms with van der Waals surface area (Å²) in [6.45, 7) is 1.47. The number of hydrogen-bond acceptors (Lipinski definition) is 2. The molecule has 0 spiro atoms. The SMILES string of the molecule is CC(=O)c1ccc(N(C)C(=O)O)cc1. The van der Waals surface area contributed by atoms with E-state index in [1.54, 1.807) is 24.3 Å². The minimum absolute atomic E-state index is 0.0328. The predicted molar refractivity (Wildman–Crippen MR) is 52.9 cm³/mol. The Morgan fingerprint density at radius 2 is 1.71 bits per heavy atom. The molecular weight excluding hydrogens is 182 g/mol. The smallest absolute Gasteiger partial charge is 0.411 e. The quantitative estimate of drug-likeness (QED) is 0.731. The van der Waals surface area contributed by atoms with Crippen LogP contribution in [0, 0.1) is 0 Å². The number of benzene rings is 1. The van der Waals surface area contributed by atoms with Crippen LogP contribution in [0.3, 0.4) is 0 Å². The average Bonchev–Trinajstić information content (AvgIpc) is 2.16. The summed E-state index contributed by atoms with van der Waals surface area (Å²) in [5.74, 6) is -0.0328. The third kappa shape index (κ3) is 2.10. The van der Waals surface area contributed by atoms with Gasteiger partial charge in [0.25, 0.3) is 0 Å². The van der Waals surface area contributed by atoms with Crippen molar-refractivity contribution < 1.29 is 14.7 Å². The van der Waals surface area contributed by atoms with Crippen LogP contribution in [0.25, 0.3) is 0 Å². The fourth-order valence-electron chi connectivity index (χ4n) is 1.03. The lowest BCUT2D eigenvalue weighted by Crippen LogP contribution is -2.23. The Labute approximate surface area is 81.8 Å². The normalized spacial score (nSPS) is 9.57. The van der Waals surface area contributed by atoms with E-state index in [4.69, 9.17) is 5.11 Å². The Morgan fingerprint density at radius 3 is 2.07 bits per heavy atom. The second kappa shape index (κ2) is 3.91. The molecule has 0 radical (unpaired) electrons. The highest BCUT2D eigenvalue weighted by atomic mass is 16.4. The van der Waals surface area contributed by atoms with Gasteiger partial charge in [-0.15, -0.1) is 0 Å². The second-order valence-electron chi connectivity index (χ2n) is 2.94. The lowest BCUT2D eigenvalue weighted by molar-refractivity contribution is 0.101. The first kappa shape index (κ1) is 10.2. The van der Waals surface area contributed by atoms with E-state index in [-0.39, 0.29) is 5.78 Å². The van der Waals surface area contributed by atoms with Crippen LogP contribution in [0.5, 0.6) is 0 Å². The van der Waals surface area contributed by atoms with Gasteiger partial charge in [0.05, 0.1) is 0 Å². The predicted octanol–water partition coefficient (Wildman–Crippen LogP) is 2.00. The fourth-order valence-corrected chi connectivity index (χ4v) is 1.03. The number of amides is 1. The first-order valence-electron chi connectivity index (χ1n) is 4.10. The monoisotopic (exact) mass is 193 g/mol.